The van der Waals surface area contributed by atoms with E-state index in [1.54, 1.807) is 7.11 Å². The summed E-state index contributed by atoms with van der Waals surface area (Å²) in [6.45, 7) is 2.82. The lowest BCUT2D eigenvalue weighted by molar-refractivity contribution is 0.200. The van der Waals surface area contributed by atoms with E-state index in [4.69, 9.17) is 4.74 Å². The van der Waals surface area contributed by atoms with E-state index in [-0.39, 0.29) is 0 Å². The number of nitrogens with one attached hydrogen (secondary N) is 2. The van der Waals surface area contributed by atoms with E-state index in [1.165, 1.54) is 12.8 Å². The van der Waals surface area contributed by atoms with Gasteiger partial charge in [0.1, 0.15) is 5.82 Å². The molecule has 1 saturated heterocycles. The molecule has 2 rings (SSSR count). The molecule has 5 heteroatoms. The number of aromatic amines is 1. The third-order valence-corrected chi connectivity index (χ3v) is 2.75. The fraction of sp³-hybridized carbons (Fsp3) is 0.800. The Morgan fingerprint density at radius 2 is 2.47 bits per heavy atom. The van der Waals surface area contributed by atoms with Gasteiger partial charge in [0.25, 0.3) is 0 Å². The van der Waals surface area contributed by atoms with Crippen molar-refractivity contribution in [3.8, 4) is 0 Å². The molecule has 0 spiro atoms. The van der Waals surface area contributed by atoms with Gasteiger partial charge in [0.15, 0.2) is 5.82 Å². The summed E-state index contributed by atoms with van der Waals surface area (Å²) < 4.78 is 5.00. The Hall–Kier alpha value is -0.940. The lowest BCUT2D eigenvalue weighted by Gasteiger charge is -2.19. The number of aromatic nitrogens is 3. The van der Waals surface area contributed by atoms with Crippen molar-refractivity contribution in [3.63, 3.8) is 0 Å². The number of hydrogen-bond acceptors (Lipinski definition) is 4. The Balaban J connectivity index is 1.93. The first-order valence-corrected chi connectivity index (χ1v) is 5.51. The lowest BCUT2D eigenvalue weighted by Crippen LogP contribution is -2.28. The van der Waals surface area contributed by atoms with Crippen LogP contribution in [-0.2, 0) is 11.2 Å². The molecule has 0 bridgehead atoms. The Bertz CT molecular complexity index is 293. The van der Waals surface area contributed by atoms with Crippen molar-refractivity contribution in [2.75, 3.05) is 26.8 Å². The Labute approximate surface area is 89.6 Å². The smallest absolute Gasteiger partial charge is 0.155 e. The fourth-order valence-corrected chi connectivity index (χ4v) is 1.88. The van der Waals surface area contributed by atoms with E-state index in [1.807, 2.05) is 0 Å². The highest BCUT2D eigenvalue weighted by atomic mass is 16.5. The highest BCUT2D eigenvalue weighted by Crippen LogP contribution is 2.19. The summed E-state index contributed by atoms with van der Waals surface area (Å²) in [6.07, 6.45) is 3.21. The first kappa shape index (κ1) is 10.6. The predicted octanol–water partition coefficient (Wildman–Crippen LogP) is 0.461. The van der Waals surface area contributed by atoms with Crippen LogP contribution in [0, 0.1) is 0 Å². The van der Waals surface area contributed by atoms with Crippen LogP contribution < -0.4 is 5.32 Å². The largest absolute Gasteiger partial charge is 0.384 e. The SMILES string of the molecule is COCCc1nc([C@H]2CCCNC2)n[nH]1. The topological polar surface area (TPSA) is 62.8 Å². The Morgan fingerprint density at radius 3 is 3.20 bits per heavy atom. The standard InChI is InChI=1S/C10H18N4O/c1-15-6-4-9-12-10(14-13-9)8-3-2-5-11-7-8/h8,11H,2-7H2,1H3,(H,12,13,14)/t8-/m0/s1. The summed E-state index contributed by atoms with van der Waals surface area (Å²) in [7, 11) is 1.70. The number of nitrogens with zero attached hydrogens (tertiary/aromatic N) is 2. The Kier molecular flexibility index (Phi) is 3.69. The van der Waals surface area contributed by atoms with Crippen LogP contribution in [0.1, 0.15) is 30.4 Å². The minimum absolute atomic E-state index is 0.478. The average molecular weight is 210 g/mol. The molecule has 0 aromatic carbocycles. The third-order valence-electron chi connectivity index (χ3n) is 2.75. The molecule has 2 heterocycles. The molecule has 1 aromatic rings. The number of hydrogen-bond donors (Lipinski definition) is 2. The number of rotatable bonds is 4. The predicted molar refractivity (Wildman–Crippen MR) is 56.8 cm³/mol. The summed E-state index contributed by atoms with van der Waals surface area (Å²) in [6, 6.07) is 0. The van der Waals surface area contributed by atoms with Gasteiger partial charge >= 0.3 is 0 Å². The molecule has 15 heavy (non-hydrogen) atoms. The molecule has 1 atom stereocenters. The van der Waals surface area contributed by atoms with Crippen LogP contribution >= 0.6 is 0 Å². The number of ether oxygens (including phenoxy) is 1. The van der Waals surface area contributed by atoms with E-state index >= 15 is 0 Å². The molecule has 1 fully saturated rings. The number of methoxy groups -OCH3 is 1. The van der Waals surface area contributed by atoms with E-state index in [0.717, 1.165) is 31.2 Å². The zero-order valence-electron chi connectivity index (χ0n) is 9.12. The molecule has 1 aliphatic heterocycles. The van der Waals surface area contributed by atoms with E-state index in [0.29, 0.717) is 12.5 Å². The molecule has 84 valence electrons. The number of piperidine rings is 1. The van der Waals surface area contributed by atoms with Crippen molar-refractivity contribution in [3.05, 3.63) is 11.6 Å². The third kappa shape index (κ3) is 2.76. The van der Waals surface area contributed by atoms with Crippen LogP contribution in [0.4, 0.5) is 0 Å². The summed E-state index contributed by atoms with van der Waals surface area (Å²) in [5, 5.41) is 10.6. The van der Waals surface area contributed by atoms with Crippen LogP contribution in [0.25, 0.3) is 0 Å². The van der Waals surface area contributed by atoms with Gasteiger partial charge in [-0.25, -0.2) is 4.98 Å². The molecule has 0 aliphatic carbocycles. The van der Waals surface area contributed by atoms with Crippen LogP contribution in [0.3, 0.4) is 0 Å². The molecular formula is C10H18N4O. The molecule has 0 amide bonds. The first-order chi connectivity index (χ1) is 7.40. The quantitative estimate of drug-likeness (QED) is 0.758. The van der Waals surface area contributed by atoms with Gasteiger partial charge < -0.3 is 10.1 Å². The van der Waals surface area contributed by atoms with Crippen LogP contribution in [0.2, 0.25) is 0 Å². The van der Waals surface area contributed by atoms with Gasteiger partial charge in [-0.15, -0.1) is 0 Å². The van der Waals surface area contributed by atoms with E-state index in [9.17, 15) is 0 Å². The van der Waals surface area contributed by atoms with Gasteiger partial charge in [0.05, 0.1) is 6.61 Å². The van der Waals surface area contributed by atoms with Gasteiger partial charge in [-0.1, -0.05) is 0 Å². The van der Waals surface area contributed by atoms with E-state index in [2.05, 4.69) is 20.5 Å². The maximum Gasteiger partial charge on any atom is 0.155 e. The Morgan fingerprint density at radius 1 is 1.53 bits per heavy atom. The second kappa shape index (κ2) is 5.23. The minimum Gasteiger partial charge on any atom is -0.384 e. The molecular weight excluding hydrogens is 192 g/mol. The summed E-state index contributed by atoms with van der Waals surface area (Å²) in [5.74, 6) is 2.36. The molecule has 0 saturated carbocycles. The van der Waals surface area contributed by atoms with Gasteiger partial charge in [0, 0.05) is 26.0 Å². The van der Waals surface area contributed by atoms with Crippen molar-refractivity contribution in [2.45, 2.75) is 25.2 Å². The van der Waals surface area contributed by atoms with Gasteiger partial charge in [-0.3, -0.25) is 5.10 Å². The van der Waals surface area contributed by atoms with Crippen LogP contribution in [0.5, 0.6) is 0 Å². The van der Waals surface area contributed by atoms with Gasteiger partial charge in [0.2, 0.25) is 0 Å². The molecule has 2 N–H and O–H groups in total. The molecule has 1 aliphatic rings. The minimum atomic E-state index is 0.478. The fourth-order valence-electron chi connectivity index (χ4n) is 1.88. The number of H-pyrrole nitrogens is 1. The molecule has 0 unspecified atom stereocenters. The highest BCUT2D eigenvalue weighted by molar-refractivity contribution is 5.00. The molecule has 0 radical (unpaired) electrons. The molecule has 1 aromatic heterocycles. The van der Waals surface area contributed by atoms with Crippen molar-refractivity contribution in [1.29, 1.82) is 0 Å². The van der Waals surface area contributed by atoms with Crippen LogP contribution in [-0.4, -0.2) is 42.0 Å². The second-order valence-electron chi connectivity index (χ2n) is 3.93. The summed E-state index contributed by atoms with van der Waals surface area (Å²) in [5.41, 5.74) is 0. The zero-order chi connectivity index (χ0) is 10.5. The average Bonchev–Trinajstić information content (AvgIpc) is 2.76. The summed E-state index contributed by atoms with van der Waals surface area (Å²) >= 11 is 0. The van der Waals surface area contributed by atoms with Crippen molar-refractivity contribution in [2.24, 2.45) is 0 Å². The van der Waals surface area contributed by atoms with Gasteiger partial charge in [-0.2, -0.15) is 5.10 Å². The monoisotopic (exact) mass is 210 g/mol. The van der Waals surface area contributed by atoms with Crippen molar-refractivity contribution in [1.82, 2.24) is 20.5 Å². The molecule has 5 nitrogen and oxygen atoms in total. The second-order valence-corrected chi connectivity index (χ2v) is 3.93. The maximum absolute atomic E-state index is 5.00. The first-order valence-electron chi connectivity index (χ1n) is 5.51. The normalized spacial score (nSPS) is 21.8. The van der Waals surface area contributed by atoms with Gasteiger partial charge in [-0.05, 0) is 19.4 Å². The van der Waals surface area contributed by atoms with Crippen molar-refractivity contribution >= 4 is 0 Å². The summed E-state index contributed by atoms with van der Waals surface area (Å²) in [4.78, 5) is 4.48. The lowest BCUT2D eigenvalue weighted by atomic mass is 9.99. The highest BCUT2D eigenvalue weighted by Gasteiger charge is 2.19. The van der Waals surface area contributed by atoms with E-state index < -0.39 is 0 Å². The zero-order valence-corrected chi connectivity index (χ0v) is 9.12. The van der Waals surface area contributed by atoms with Crippen LogP contribution in [0.15, 0.2) is 0 Å². The maximum atomic E-state index is 5.00. The van der Waals surface area contributed by atoms with Crippen molar-refractivity contribution < 1.29 is 4.74 Å².